The molecule has 0 aliphatic rings. The quantitative estimate of drug-likeness (QED) is 0.369. The van der Waals surface area contributed by atoms with Gasteiger partial charge in [-0.25, -0.2) is 0 Å². The van der Waals surface area contributed by atoms with Crippen molar-refractivity contribution in [3.63, 3.8) is 0 Å². The first kappa shape index (κ1) is 21.8. The summed E-state index contributed by atoms with van der Waals surface area (Å²) in [6.07, 6.45) is 3.48. The Morgan fingerprint density at radius 2 is 1.66 bits per heavy atom. The summed E-state index contributed by atoms with van der Waals surface area (Å²) in [5, 5.41) is 9.58. The Labute approximate surface area is 192 Å². The van der Waals surface area contributed by atoms with E-state index in [1.54, 1.807) is 12.4 Å². The largest absolute Gasteiger partial charge is 0.309 e. The molecule has 0 aliphatic carbocycles. The number of benzene rings is 2. The second-order valence-electron chi connectivity index (χ2n) is 7.65. The SMILES string of the molecule is Cc1ccccc1-n1c(SCC(=O)N(c2ccccc2)C(C)C)nnc1-c1ccncc1. The highest BCUT2D eigenvalue weighted by Gasteiger charge is 2.22. The van der Waals surface area contributed by atoms with E-state index in [9.17, 15) is 4.79 Å². The summed E-state index contributed by atoms with van der Waals surface area (Å²) >= 11 is 1.40. The monoisotopic (exact) mass is 443 g/mol. The summed E-state index contributed by atoms with van der Waals surface area (Å²) in [5.41, 5.74) is 3.90. The molecule has 0 fully saturated rings. The number of nitrogens with zero attached hydrogens (tertiary/aromatic N) is 5. The van der Waals surface area contributed by atoms with Crippen LogP contribution in [-0.4, -0.2) is 37.5 Å². The lowest BCUT2D eigenvalue weighted by Gasteiger charge is -2.26. The van der Waals surface area contributed by atoms with Crippen molar-refractivity contribution in [3.8, 4) is 17.1 Å². The van der Waals surface area contributed by atoms with Crippen LogP contribution in [0.1, 0.15) is 19.4 Å². The molecule has 2 aromatic heterocycles. The molecule has 0 saturated heterocycles. The highest BCUT2D eigenvalue weighted by atomic mass is 32.2. The van der Waals surface area contributed by atoms with Gasteiger partial charge in [0.05, 0.1) is 11.4 Å². The average Bonchev–Trinajstić information content (AvgIpc) is 3.23. The van der Waals surface area contributed by atoms with E-state index in [0.717, 1.165) is 28.3 Å². The van der Waals surface area contributed by atoms with Crippen molar-refractivity contribution >= 4 is 23.4 Å². The van der Waals surface area contributed by atoms with Crippen LogP contribution >= 0.6 is 11.8 Å². The Balaban J connectivity index is 1.66. The van der Waals surface area contributed by atoms with Crippen LogP contribution in [0.15, 0.2) is 84.3 Å². The van der Waals surface area contributed by atoms with E-state index in [4.69, 9.17) is 0 Å². The van der Waals surface area contributed by atoms with Crippen molar-refractivity contribution in [1.29, 1.82) is 0 Å². The number of anilines is 1. The number of aromatic nitrogens is 4. The van der Waals surface area contributed by atoms with Crippen LogP contribution in [0.2, 0.25) is 0 Å². The average molecular weight is 444 g/mol. The first-order chi connectivity index (χ1) is 15.6. The normalized spacial score (nSPS) is 11.0. The molecule has 7 heteroatoms. The molecule has 0 bridgehead atoms. The van der Waals surface area contributed by atoms with E-state index in [0.29, 0.717) is 5.16 Å². The Hall–Kier alpha value is -3.45. The summed E-state index contributed by atoms with van der Waals surface area (Å²) in [6, 6.07) is 21.7. The molecule has 4 aromatic rings. The number of hydrogen-bond donors (Lipinski definition) is 0. The Morgan fingerprint density at radius 3 is 2.34 bits per heavy atom. The molecule has 2 heterocycles. The molecule has 0 radical (unpaired) electrons. The fraction of sp³-hybridized carbons (Fsp3) is 0.200. The molecular weight excluding hydrogens is 418 g/mol. The van der Waals surface area contributed by atoms with Gasteiger partial charge >= 0.3 is 0 Å². The third-order valence-corrected chi connectivity index (χ3v) is 5.99. The van der Waals surface area contributed by atoms with Crippen molar-refractivity contribution in [2.75, 3.05) is 10.7 Å². The van der Waals surface area contributed by atoms with Gasteiger partial charge in [0.15, 0.2) is 11.0 Å². The predicted octanol–water partition coefficient (Wildman–Crippen LogP) is 5.17. The second kappa shape index (κ2) is 9.78. The van der Waals surface area contributed by atoms with E-state index >= 15 is 0 Å². The van der Waals surface area contributed by atoms with Crippen molar-refractivity contribution in [2.45, 2.75) is 32.0 Å². The molecule has 162 valence electrons. The molecule has 0 unspecified atom stereocenters. The number of rotatable bonds is 7. The van der Waals surface area contributed by atoms with E-state index in [1.807, 2.05) is 84.0 Å². The van der Waals surface area contributed by atoms with Gasteiger partial charge in [0, 0.05) is 29.7 Å². The molecule has 32 heavy (non-hydrogen) atoms. The van der Waals surface area contributed by atoms with Crippen molar-refractivity contribution in [3.05, 3.63) is 84.7 Å². The Morgan fingerprint density at radius 1 is 0.969 bits per heavy atom. The number of hydrogen-bond acceptors (Lipinski definition) is 5. The van der Waals surface area contributed by atoms with Gasteiger partial charge in [-0.3, -0.25) is 14.3 Å². The van der Waals surface area contributed by atoms with Gasteiger partial charge in [-0.15, -0.1) is 10.2 Å². The summed E-state index contributed by atoms with van der Waals surface area (Å²) in [7, 11) is 0. The Bertz CT molecular complexity index is 1190. The topological polar surface area (TPSA) is 63.9 Å². The maximum atomic E-state index is 13.2. The molecule has 2 aromatic carbocycles. The maximum Gasteiger partial charge on any atom is 0.237 e. The second-order valence-corrected chi connectivity index (χ2v) is 8.59. The van der Waals surface area contributed by atoms with Gasteiger partial charge in [0.1, 0.15) is 0 Å². The first-order valence-corrected chi connectivity index (χ1v) is 11.5. The fourth-order valence-electron chi connectivity index (χ4n) is 3.60. The molecule has 4 rings (SSSR count). The minimum atomic E-state index is 0.0287. The predicted molar refractivity (Wildman–Crippen MR) is 129 cm³/mol. The highest BCUT2D eigenvalue weighted by molar-refractivity contribution is 7.99. The number of carbonyl (C=O) groups excluding carboxylic acids is 1. The number of aryl methyl sites for hydroxylation is 1. The number of para-hydroxylation sites is 2. The molecule has 0 atom stereocenters. The standard InChI is InChI=1S/C25H25N5OS/c1-18(2)29(21-10-5-4-6-11-21)23(31)17-32-25-28-27-24(20-13-15-26-16-14-20)30(25)22-12-8-7-9-19(22)3/h4-16,18H,17H2,1-3H3. The number of amides is 1. The van der Waals surface area contributed by atoms with Gasteiger partial charge in [-0.1, -0.05) is 48.2 Å². The molecule has 6 nitrogen and oxygen atoms in total. The van der Waals surface area contributed by atoms with Crippen LogP contribution < -0.4 is 4.90 Å². The molecule has 0 aliphatic heterocycles. The minimum Gasteiger partial charge on any atom is -0.309 e. The lowest BCUT2D eigenvalue weighted by molar-refractivity contribution is -0.116. The van der Waals surface area contributed by atoms with Crippen LogP contribution in [-0.2, 0) is 4.79 Å². The molecule has 0 spiro atoms. The third kappa shape index (κ3) is 4.57. The smallest absolute Gasteiger partial charge is 0.237 e. The Kier molecular flexibility index (Phi) is 6.66. The summed E-state index contributed by atoms with van der Waals surface area (Å²) in [5.74, 6) is 1.01. The third-order valence-electron chi connectivity index (χ3n) is 5.07. The van der Waals surface area contributed by atoms with Crippen LogP contribution in [0, 0.1) is 6.92 Å². The maximum absolute atomic E-state index is 13.2. The number of thioether (sulfide) groups is 1. The zero-order valence-electron chi connectivity index (χ0n) is 18.3. The van der Waals surface area contributed by atoms with E-state index < -0.39 is 0 Å². The minimum absolute atomic E-state index is 0.0287. The molecule has 0 saturated carbocycles. The van der Waals surface area contributed by atoms with Crippen LogP contribution in [0.3, 0.4) is 0 Å². The molecular formula is C25H25N5OS. The van der Waals surface area contributed by atoms with Crippen molar-refractivity contribution in [2.24, 2.45) is 0 Å². The van der Waals surface area contributed by atoms with Gasteiger partial charge in [-0.2, -0.15) is 0 Å². The highest BCUT2D eigenvalue weighted by Crippen LogP contribution is 2.30. The van der Waals surface area contributed by atoms with E-state index in [-0.39, 0.29) is 17.7 Å². The van der Waals surface area contributed by atoms with Crippen LogP contribution in [0.5, 0.6) is 0 Å². The van der Waals surface area contributed by atoms with Crippen molar-refractivity contribution < 1.29 is 4.79 Å². The number of carbonyl (C=O) groups is 1. The van der Waals surface area contributed by atoms with Crippen LogP contribution in [0.25, 0.3) is 17.1 Å². The number of pyridine rings is 1. The van der Waals surface area contributed by atoms with Crippen LogP contribution in [0.4, 0.5) is 5.69 Å². The summed E-state index contributed by atoms with van der Waals surface area (Å²) < 4.78 is 2.02. The van der Waals surface area contributed by atoms with E-state index in [1.165, 1.54) is 11.8 Å². The lowest BCUT2D eigenvalue weighted by Crippen LogP contribution is -2.38. The zero-order valence-corrected chi connectivity index (χ0v) is 19.2. The van der Waals surface area contributed by atoms with E-state index in [2.05, 4.69) is 28.2 Å². The van der Waals surface area contributed by atoms with Crippen molar-refractivity contribution in [1.82, 2.24) is 19.7 Å². The summed E-state index contributed by atoms with van der Waals surface area (Å²) in [4.78, 5) is 19.1. The van der Waals surface area contributed by atoms with Gasteiger partial charge < -0.3 is 4.90 Å². The molecule has 1 amide bonds. The van der Waals surface area contributed by atoms with Gasteiger partial charge in [0.25, 0.3) is 0 Å². The van der Waals surface area contributed by atoms with Gasteiger partial charge in [0.2, 0.25) is 5.91 Å². The zero-order chi connectivity index (χ0) is 22.5. The first-order valence-electron chi connectivity index (χ1n) is 10.5. The fourth-order valence-corrected chi connectivity index (χ4v) is 4.40. The van der Waals surface area contributed by atoms with Gasteiger partial charge in [-0.05, 0) is 56.7 Å². The molecule has 0 N–H and O–H groups in total. The summed E-state index contributed by atoms with van der Waals surface area (Å²) in [6.45, 7) is 6.10. The lowest BCUT2D eigenvalue weighted by atomic mass is 10.2.